The van der Waals surface area contributed by atoms with Gasteiger partial charge in [-0.25, -0.2) is 0 Å². The Labute approximate surface area is 141 Å². The second-order valence-corrected chi connectivity index (χ2v) is 5.84. The molecule has 124 valence electrons. The second kappa shape index (κ2) is 8.67. The Balaban J connectivity index is 1.93. The average molecular weight is 336 g/mol. The summed E-state index contributed by atoms with van der Waals surface area (Å²) >= 11 is 5.86. The van der Waals surface area contributed by atoms with Gasteiger partial charge in [-0.15, -0.1) is 0 Å². The maximum Gasteiger partial charge on any atom is 0.227 e. The highest BCUT2D eigenvalue weighted by Gasteiger charge is 2.14. The first-order chi connectivity index (χ1) is 11.1. The lowest BCUT2D eigenvalue weighted by atomic mass is 10.2. The number of carbonyl (C=O) groups excluding carboxylic acids is 1. The number of aryl methyl sites for hydroxylation is 1. The van der Waals surface area contributed by atoms with Crippen molar-refractivity contribution < 1.29 is 9.32 Å². The topological polar surface area (TPSA) is 59.2 Å². The summed E-state index contributed by atoms with van der Waals surface area (Å²) in [6, 6.07) is 7.24. The zero-order valence-electron chi connectivity index (χ0n) is 13.6. The molecule has 0 aliphatic heterocycles. The minimum absolute atomic E-state index is 0.139. The minimum Gasteiger partial charge on any atom is -0.343 e. The lowest BCUT2D eigenvalue weighted by Gasteiger charge is -2.20. The molecule has 0 atom stereocenters. The van der Waals surface area contributed by atoms with E-state index in [9.17, 15) is 4.79 Å². The maximum atomic E-state index is 12.2. The molecule has 0 N–H and O–H groups in total. The zero-order chi connectivity index (χ0) is 16.7. The molecular formula is C17H22ClN3O2. The minimum atomic E-state index is 0.139. The van der Waals surface area contributed by atoms with Gasteiger partial charge in [0.25, 0.3) is 0 Å². The quantitative estimate of drug-likeness (QED) is 0.732. The van der Waals surface area contributed by atoms with Gasteiger partial charge in [-0.3, -0.25) is 4.79 Å². The van der Waals surface area contributed by atoms with Gasteiger partial charge in [-0.05, 0) is 37.1 Å². The Bertz CT molecular complexity index is 619. The second-order valence-electron chi connectivity index (χ2n) is 5.40. The van der Waals surface area contributed by atoms with Crippen molar-refractivity contribution in [3.05, 3.63) is 35.2 Å². The van der Waals surface area contributed by atoms with Crippen molar-refractivity contribution in [2.45, 2.75) is 39.5 Å². The van der Waals surface area contributed by atoms with Gasteiger partial charge in [0, 0.05) is 36.5 Å². The van der Waals surface area contributed by atoms with Gasteiger partial charge in [0.1, 0.15) is 0 Å². The van der Waals surface area contributed by atoms with Crippen molar-refractivity contribution in [1.29, 1.82) is 0 Å². The van der Waals surface area contributed by atoms with Crippen LogP contribution in [0.1, 0.15) is 39.0 Å². The predicted octanol–water partition coefficient (Wildman–Crippen LogP) is 3.97. The average Bonchev–Trinajstić information content (AvgIpc) is 3.02. The van der Waals surface area contributed by atoms with E-state index in [2.05, 4.69) is 24.0 Å². The third-order valence-corrected chi connectivity index (χ3v) is 3.71. The van der Waals surface area contributed by atoms with E-state index in [4.69, 9.17) is 16.1 Å². The monoisotopic (exact) mass is 335 g/mol. The number of amides is 1. The summed E-state index contributed by atoms with van der Waals surface area (Å²) in [5.41, 5.74) is 0.842. The van der Waals surface area contributed by atoms with E-state index in [1.807, 2.05) is 17.0 Å². The van der Waals surface area contributed by atoms with Crippen molar-refractivity contribution >= 4 is 17.5 Å². The fourth-order valence-corrected chi connectivity index (χ4v) is 2.47. The Kier molecular flexibility index (Phi) is 6.59. The molecule has 0 fully saturated rings. The molecule has 0 saturated carbocycles. The Morgan fingerprint density at radius 1 is 1.17 bits per heavy atom. The molecule has 5 nitrogen and oxygen atoms in total. The standard InChI is InChI=1S/C17H22ClN3O2/c1-3-11-21(12-4-2)16(22)10-9-15-19-17(20-23-15)13-5-7-14(18)8-6-13/h5-8H,3-4,9-12H2,1-2H3. The number of rotatable bonds is 8. The number of hydrogen-bond acceptors (Lipinski definition) is 4. The van der Waals surface area contributed by atoms with E-state index in [-0.39, 0.29) is 5.91 Å². The van der Waals surface area contributed by atoms with E-state index in [0.29, 0.717) is 29.6 Å². The van der Waals surface area contributed by atoms with Gasteiger partial charge in [0.05, 0.1) is 0 Å². The van der Waals surface area contributed by atoms with Gasteiger partial charge >= 0.3 is 0 Å². The lowest BCUT2D eigenvalue weighted by molar-refractivity contribution is -0.131. The zero-order valence-corrected chi connectivity index (χ0v) is 14.3. The molecule has 0 bridgehead atoms. The molecule has 0 aliphatic rings. The van der Waals surface area contributed by atoms with Gasteiger partial charge in [-0.1, -0.05) is 30.6 Å². The molecule has 0 aliphatic carbocycles. The maximum absolute atomic E-state index is 12.2. The summed E-state index contributed by atoms with van der Waals surface area (Å²) in [6.07, 6.45) is 2.78. The van der Waals surface area contributed by atoms with E-state index < -0.39 is 0 Å². The Morgan fingerprint density at radius 2 is 1.83 bits per heavy atom. The Morgan fingerprint density at radius 3 is 2.43 bits per heavy atom. The molecule has 1 aromatic heterocycles. The van der Waals surface area contributed by atoms with E-state index >= 15 is 0 Å². The summed E-state index contributed by atoms with van der Waals surface area (Å²) in [6.45, 7) is 5.75. The van der Waals surface area contributed by atoms with Crippen LogP contribution in [-0.2, 0) is 11.2 Å². The molecule has 0 spiro atoms. The molecule has 2 rings (SSSR count). The number of nitrogens with zero attached hydrogens (tertiary/aromatic N) is 3. The van der Waals surface area contributed by atoms with E-state index in [1.54, 1.807) is 12.1 Å². The normalized spacial score (nSPS) is 10.7. The van der Waals surface area contributed by atoms with Crippen LogP contribution in [0.2, 0.25) is 5.02 Å². The van der Waals surface area contributed by atoms with Crippen LogP contribution in [0.15, 0.2) is 28.8 Å². The summed E-state index contributed by atoms with van der Waals surface area (Å²) < 4.78 is 5.23. The number of aromatic nitrogens is 2. The first-order valence-electron chi connectivity index (χ1n) is 8.00. The first-order valence-corrected chi connectivity index (χ1v) is 8.38. The molecule has 1 amide bonds. The number of hydrogen-bond donors (Lipinski definition) is 0. The van der Waals surface area contributed by atoms with Crippen LogP contribution in [0.5, 0.6) is 0 Å². The van der Waals surface area contributed by atoms with Crippen molar-refractivity contribution in [3.8, 4) is 11.4 Å². The number of benzene rings is 1. The van der Waals surface area contributed by atoms with E-state index in [0.717, 1.165) is 31.5 Å². The van der Waals surface area contributed by atoms with E-state index in [1.165, 1.54) is 0 Å². The SMILES string of the molecule is CCCN(CCC)C(=O)CCc1nc(-c2ccc(Cl)cc2)no1. The van der Waals surface area contributed by atoms with Gasteiger partial charge in [0.15, 0.2) is 0 Å². The van der Waals surface area contributed by atoms with Crippen LogP contribution in [0.3, 0.4) is 0 Å². The summed E-state index contributed by atoms with van der Waals surface area (Å²) in [7, 11) is 0. The third-order valence-electron chi connectivity index (χ3n) is 3.46. The fourth-order valence-electron chi connectivity index (χ4n) is 2.35. The third kappa shape index (κ3) is 5.06. The lowest BCUT2D eigenvalue weighted by Crippen LogP contribution is -2.32. The largest absolute Gasteiger partial charge is 0.343 e. The van der Waals surface area contributed by atoms with Gasteiger partial charge < -0.3 is 9.42 Å². The molecule has 1 aromatic carbocycles. The molecule has 6 heteroatoms. The Hall–Kier alpha value is -1.88. The summed E-state index contributed by atoms with van der Waals surface area (Å²) in [5.74, 6) is 1.14. The molecular weight excluding hydrogens is 314 g/mol. The highest BCUT2D eigenvalue weighted by molar-refractivity contribution is 6.30. The van der Waals surface area contributed by atoms with Crippen LogP contribution in [-0.4, -0.2) is 34.0 Å². The molecule has 2 aromatic rings. The summed E-state index contributed by atoms with van der Waals surface area (Å²) in [5, 5.41) is 4.62. The highest BCUT2D eigenvalue weighted by atomic mass is 35.5. The summed E-state index contributed by atoms with van der Waals surface area (Å²) in [4.78, 5) is 18.5. The predicted molar refractivity (Wildman–Crippen MR) is 90.2 cm³/mol. The molecule has 0 radical (unpaired) electrons. The van der Waals surface area contributed by atoms with Crippen LogP contribution >= 0.6 is 11.6 Å². The van der Waals surface area contributed by atoms with Gasteiger partial charge in [-0.2, -0.15) is 4.98 Å². The molecule has 0 unspecified atom stereocenters. The molecule has 0 saturated heterocycles. The van der Waals surface area contributed by atoms with Crippen LogP contribution in [0.4, 0.5) is 0 Å². The first kappa shape index (κ1) is 17.5. The van der Waals surface area contributed by atoms with Crippen molar-refractivity contribution in [2.24, 2.45) is 0 Å². The number of carbonyl (C=O) groups is 1. The van der Waals surface area contributed by atoms with Crippen LogP contribution in [0, 0.1) is 0 Å². The van der Waals surface area contributed by atoms with Crippen LogP contribution in [0.25, 0.3) is 11.4 Å². The smallest absolute Gasteiger partial charge is 0.227 e. The van der Waals surface area contributed by atoms with Crippen LogP contribution < -0.4 is 0 Å². The van der Waals surface area contributed by atoms with Gasteiger partial charge in [0.2, 0.25) is 17.6 Å². The number of halogens is 1. The highest BCUT2D eigenvalue weighted by Crippen LogP contribution is 2.19. The fraction of sp³-hybridized carbons (Fsp3) is 0.471. The van der Waals surface area contributed by atoms with Crippen molar-refractivity contribution in [3.63, 3.8) is 0 Å². The van der Waals surface area contributed by atoms with Crippen molar-refractivity contribution in [2.75, 3.05) is 13.1 Å². The molecule has 1 heterocycles. The van der Waals surface area contributed by atoms with Crippen molar-refractivity contribution in [1.82, 2.24) is 15.0 Å². The molecule has 23 heavy (non-hydrogen) atoms.